The van der Waals surface area contributed by atoms with Crippen molar-refractivity contribution < 1.29 is 4.79 Å². The molecule has 1 heterocycles. The first-order valence-electron chi connectivity index (χ1n) is 7.12. The number of hydrogen-bond donors (Lipinski definition) is 2. The predicted molar refractivity (Wildman–Crippen MR) is 78.2 cm³/mol. The molecule has 0 aliphatic carbocycles. The van der Waals surface area contributed by atoms with Gasteiger partial charge in [-0.2, -0.15) is 0 Å². The predicted octanol–water partition coefficient (Wildman–Crippen LogP) is 1.96. The number of piperidine rings is 1. The molecule has 0 bridgehead atoms. The third kappa shape index (κ3) is 3.80. The van der Waals surface area contributed by atoms with Crippen LogP contribution in [0.15, 0.2) is 18.2 Å². The van der Waals surface area contributed by atoms with E-state index in [2.05, 4.69) is 49.6 Å². The summed E-state index contributed by atoms with van der Waals surface area (Å²) in [6, 6.07) is 6.55. The standard InChI is InChI=1S/C16H24N2O/c1-11-4-5-12(2)14(8-11)9-16(19)18-15-10-17-7-6-13(15)3/h4-5,8,13,15,17H,6-7,9-10H2,1-3H3,(H,18,19)/t13-,15-/m0/s1. The zero-order chi connectivity index (χ0) is 13.8. The Morgan fingerprint density at radius 2 is 2.21 bits per heavy atom. The van der Waals surface area contributed by atoms with Crippen LogP contribution in [-0.4, -0.2) is 25.0 Å². The van der Waals surface area contributed by atoms with Crippen LogP contribution in [0, 0.1) is 19.8 Å². The molecule has 19 heavy (non-hydrogen) atoms. The van der Waals surface area contributed by atoms with Crippen LogP contribution in [0.5, 0.6) is 0 Å². The lowest BCUT2D eigenvalue weighted by molar-refractivity contribution is -0.121. The zero-order valence-electron chi connectivity index (χ0n) is 12.1. The zero-order valence-corrected chi connectivity index (χ0v) is 12.1. The van der Waals surface area contributed by atoms with Crippen LogP contribution in [0.25, 0.3) is 0 Å². The quantitative estimate of drug-likeness (QED) is 0.872. The summed E-state index contributed by atoms with van der Waals surface area (Å²) in [5, 5.41) is 6.50. The van der Waals surface area contributed by atoms with Crippen molar-refractivity contribution in [1.29, 1.82) is 0 Å². The molecule has 0 radical (unpaired) electrons. The first-order valence-corrected chi connectivity index (χ1v) is 7.12. The summed E-state index contributed by atoms with van der Waals surface area (Å²) in [6.45, 7) is 8.29. The van der Waals surface area contributed by atoms with Gasteiger partial charge in [0.1, 0.15) is 0 Å². The van der Waals surface area contributed by atoms with Crippen LogP contribution in [0.4, 0.5) is 0 Å². The van der Waals surface area contributed by atoms with Crippen LogP contribution in [0.2, 0.25) is 0 Å². The van der Waals surface area contributed by atoms with Gasteiger partial charge in [0.2, 0.25) is 5.91 Å². The van der Waals surface area contributed by atoms with E-state index >= 15 is 0 Å². The van der Waals surface area contributed by atoms with E-state index in [1.165, 1.54) is 11.1 Å². The molecular weight excluding hydrogens is 236 g/mol. The third-order valence-electron chi connectivity index (χ3n) is 4.03. The molecule has 1 saturated heterocycles. The summed E-state index contributed by atoms with van der Waals surface area (Å²) in [5.41, 5.74) is 3.53. The molecule has 1 fully saturated rings. The Morgan fingerprint density at radius 3 is 2.95 bits per heavy atom. The second-order valence-corrected chi connectivity index (χ2v) is 5.75. The monoisotopic (exact) mass is 260 g/mol. The largest absolute Gasteiger partial charge is 0.352 e. The molecule has 1 aromatic carbocycles. The average molecular weight is 260 g/mol. The topological polar surface area (TPSA) is 41.1 Å². The summed E-state index contributed by atoms with van der Waals surface area (Å²) < 4.78 is 0. The summed E-state index contributed by atoms with van der Waals surface area (Å²) in [5.74, 6) is 0.693. The van der Waals surface area contributed by atoms with Crippen molar-refractivity contribution in [3.05, 3.63) is 34.9 Å². The maximum absolute atomic E-state index is 12.2. The number of nitrogens with one attached hydrogen (secondary N) is 2. The third-order valence-corrected chi connectivity index (χ3v) is 4.03. The van der Waals surface area contributed by atoms with E-state index in [9.17, 15) is 4.79 Å². The van der Waals surface area contributed by atoms with Gasteiger partial charge in [-0.05, 0) is 43.9 Å². The Kier molecular flexibility index (Phi) is 4.59. The van der Waals surface area contributed by atoms with Crippen LogP contribution in [-0.2, 0) is 11.2 Å². The van der Waals surface area contributed by atoms with Gasteiger partial charge in [-0.25, -0.2) is 0 Å². The van der Waals surface area contributed by atoms with E-state index in [-0.39, 0.29) is 11.9 Å². The van der Waals surface area contributed by atoms with E-state index in [0.717, 1.165) is 25.1 Å². The summed E-state index contributed by atoms with van der Waals surface area (Å²) >= 11 is 0. The van der Waals surface area contributed by atoms with Crippen LogP contribution in [0.3, 0.4) is 0 Å². The molecule has 1 aliphatic heterocycles. The Morgan fingerprint density at radius 1 is 1.42 bits per heavy atom. The van der Waals surface area contributed by atoms with Crippen molar-refractivity contribution in [2.75, 3.05) is 13.1 Å². The molecule has 1 amide bonds. The van der Waals surface area contributed by atoms with E-state index in [1.54, 1.807) is 0 Å². The molecule has 3 nitrogen and oxygen atoms in total. The molecule has 2 rings (SSSR count). The molecule has 3 heteroatoms. The van der Waals surface area contributed by atoms with Crippen LogP contribution < -0.4 is 10.6 Å². The number of amides is 1. The first kappa shape index (κ1) is 14.1. The SMILES string of the molecule is Cc1ccc(C)c(CC(=O)N[C@H]2CNCC[C@@H]2C)c1. The van der Waals surface area contributed by atoms with E-state index < -0.39 is 0 Å². The highest BCUT2D eigenvalue weighted by molar-refractivity contribution is 5.79. The van der Waals surface area contributed by atoms with E-state index in [1.807, 2.05) is 0 Å². The highest BCUT2D eigenvalue weighted by Gasteiger charge is 2.22. The van der Waals surface area contributed by atoms with E-state index in [4.69, 9.17) is 0 Å². The Hall–Kier alpha value is -1.35. The average Bonchev–Trinajstić information content (AvgIpc) is 2.37. The fraction of sp³-hybridized carbons (Fsp3) is 0.562. The smallest absolute Gasteiger partial charge is 0.224 e. The molecule has 0 aromatic heterocycles. The minimum atomic E-state index is 0.134. The lowest BCUT2D eigenvalue weighted by Gasteiger charge is -2.30. The minimum Gasteiger partial charge on any atom is -0.352 e. The number of rotatable bonds is 3. The number of carbonyl (C=O) groups is 1. The molecule has 1 aliphatic rings. The van der Waals surface area contributed by atoms with Gasteiger partial charge in [0.25, 0.3) is 0 Å². The van der Waals surface area contributed by atoms with Crippen molar-refractivity contribution in [2.24, 2.45) is 5.92 Å². The van der Waals surface area contributed by atoms with E-state index in [0.29, 0.717) is 12.3 Å². The minimum absolute atomic E-state index is 0.134. The van der Waals surface area contributed by atoms with Crippen molar-refractivity contribution in [2.45, 2.75) is 39.7 Å². The molecule has 0 saturated carbocycles. The maximum Gasteiger partial charge on any atom is 0.224 e. The normalized spacial score (nSPS) is 23.1. The second-order valence-electron chi connectivity index (χ2n) is 5.75. The van der Waals surface area contributed by atoms with Crippen LogP contribution in [0.1, 0.15) is 30.0 Å². The van der Waals surface area contributed by atoms with Crippen molar-refractivity contribution in [3.8, 4) is 0 Å². The summed E-state index contributed by atoms with van der Waals surface area (Å²) in [6.07, 6.45) is 1.62. The number of carbonyl (C=O) groups excluding carboxylic acids is 1. The van der Waals surface area contributed by atoms with Crippen molar-refractivity contribution in [3.63, 3.8) is 0 Å². The maximum atomic E-state index is 12.2. The summed E-state index contributed by atoms with van der Waals surface area (Å²) in [7, 11) is 0. The van der Waals surface area contributed by atoms with Gasteiger partial charge in [-0.15, -0.1) is 0 Å². The molecule has 0 spiro atoms. The molecule has 1 aromatic rings. The van der Waals surface area contributed by atoms with Crippen LogP contribution >= 0.6 is 0 Å². The summed E-state index contributed by atoms with van der Waals surface area (Å²) in [4.78, 5) is 12.2. The fourth-order valence-electron chi connectivity index (χ4n) is 2.60. The number of hydrogen-bond acceptors (Lipinski definition) is 2. The van der Waals surface area contributed by atoms with Gasteiger partial charge in [-0.3, -0.25) is 4.79 Å². The lowest BCUT2D eigenvalue weighted by atomic mass is 9.94. The first-order chi connectivity index (χ1) is 9.06. The van der Waals surface area contributed by atoms with Gasteiger partial charge in [-0.1, -0.05) is 30.7 Å². The Balaban J connectivity index is 1.95. The van der Waals surface area contributed by atoms with Gasteiger partial charge < -0.3 is 10.6 Å². The number of aryl methyl sites for hydroxylation is 2. The molecular formula is C16H24N2O. The highest BCUT2D eigenvalue weighted by Crippen LogP contribution is 2.13. The van der Waals surface area contributed by atoms with Gasteiger partial charge in [0.05, 0.1) is 6.42 Å². The van der Waals surface area contributed by atoms with Gasteiger partial charge in [0, 0.05) is 12.6 Å². The molecule has 2 atom stereocenters. The Labute approximate surface area is 115 Å². The second kappa shape index (κ2) is 6.20. The molecule has 2 N–H and O–H groups in total. The van der Waals surface area contributed by atoms with Crippen molar-refractivity contribution in [1.82, 2.24) is 10.6 Å². The number of benzene rings is 1. The highest BCUT2D eigenvalue weighted by atomic mass is 16.1. The van der Waals surface area contributed by atoms with Gasteiger partial charge >= 0.3 is 0 Å². The molecule has 104 valence electrons. The Bertz CT molecular complexity index is 456. The molecule has 0 unspecified atom stereocenters. The van der Waals surface area contributed by atoms with Crippen molar-refractivity contribution >= 4 is 5.91 Å². The lowest BCUT2D eigenvalue weighted by Crippen LogP contribution is -2.50. The van der Waals surface area contributed by atoms with Gasteiger partial charge in [0.15, 0.2) is 0 Å². The fourth-order valence-corrected chi connectivity index (χ4v) is 2.60.